The van der Waals surface area contributed by atoms with E-state index in [9.17, 15) is 4.79 Å². The monoisotopic (exact) mass is 493 g/mol. The number of tetrazole rings is 1. The molecule has 0 aliphatic carbocycles. The van der Waals surface area contributed by atoms with Gasteiger partial charge in [0.25, 0.3) is 5.56 Å². The summed E-state index contributed by atoms with van der Waals surface area (Å²) in [7, 11) is 0. The second-order valence-corrected chi connectivity index (χ2v) is 9.85. The molecule has 0 radical (unpaired) electrons. The topological polar surface area (TPSA) is 92.6 Å². The zero-order valence-corrected chi connectivity index (χ0v) is 21.4. The smallest absolute Gasteiger partial charge is 0.252 e. The molecule has 2 aromatic carbocycles. The van der Waals surface area contributed by atoms with Crippen LogP contribution in [0.5, 0.6) is 0 Å². The van der Waals surface area contributed by atoms with Gasteiger partial charge in [0.1, 0.15) is 0 Å². The SMILES string of the molecule is Cc1ccc2[nH]c(=O)c(CN(Cc3cccnc3)[C@@H](c3nnnn3Cc3ccccc3)C(C)C)cc2c1. The number of pyridine rings is 2. The number of benzene rings is 2. The number of aryl methyl sites for hydroxylation is 1. The van der Waals surface area contributed by atoms with Crippen LogP contribution in [0.15, 0.2) is 83.9 Å². The van der Waals surface area contributed by atoms with Crippen molar-refractivity contribution in [2.45, 2.75) is 46.4 Å². The van der Waals surface area contributed by atoms with Crippen molar-refractivity contribution in [1.82, 2.24) is 35.1 Å². The van der Waals surface area contributed by atoms with Gasteiger partial charge in [0.15, 0.2) is 5.82 Å². The van der Waals surface area contributed by atoms with E-state index in [1.54, 1.807) is 6.20 Å². The van der Waals surface area contributed by atoms with Crippen LogP contribution in [0.2, 0.25) is 0 Å². The fraction of sp³-hybridized carbons (Fsp3) is 0.276. The molecule has 5 rings (SSSR count). The normalized spacial score (nSPS) is 12.5. The number of rotatable bonds is 9. The molecule has 3 aromatic heterocycles. The highest BCUT2D eigenvalue weighted by molar-refractivity contribution is 5.79. The maximum Gasteiger partial charge on any atom is 0.252 e. The lowest BCUT2D eigenvalue weighted by atomic mass is 9.99. The second kappa shape index (κ2) is 10.8. The van der Waals surface area contributed by atoms with Crippen molar-refractivity contribution in [3.8, 4) is 0 Å². The van der Waals surface area contributed by atoms with Gasteiger partial charge in [-0.25, -0.2) is 4.68 Å². The van der Waals surface area contributed by atoms with Gasteiger partial charge in [-0.15, -0.1) is 5.10 Å². The number of fused-ring (bicyclic) bond motifs is 1. The summed E-state index contributed by atoms with van der Waals surface area (Å²) < 4.78 is 1.87. The molecule has 8 nitrogen and oxygen atoms in total. The summed E-state index contributed by atoms with van der Waals surface area (Å²) in [6.07, 6.45) is 3.63. The minimum absolute atomic E-state index is 0.0843. The first kappa shape index (κ1) is 24.5. The third-order valence-corrected chi connectivity index (χ3v) is 6.58. The van der Waals surface area contributed by atoms with E-state index >= 15 is 0 Å². The number of hydrogen-bond acceptors (Lipinski definition) is 6. The second-order valence-electron chi connectivity index (χ2n) is 9.85. The third kappa shape index (κ3) is 5.65. The van der Waals surface area contributed by atoms with Gasteiger partial charge in [0, 0.05) is 36.6 Å². The van der Waals surface area contributed by atoms with Crippen molar-refractivity contribution in [3.05, 3.63) is 118 Å². The van der Waals surface area contributed by atoms with E-state index in [2.05, 4.69) is 75.4 Å². The minimum atomic E-state index is -0.133. The van der Waals surface area contributed by atoms with Crippen LogP contribution in [-0.2, 0) is 19.6 Å². The van der Waals surface area contributed by atoms with Gasteiger partial charge in [-0.2, -0.15) is 0 Å². The average molecular weight is 494 g/mol. The van der Waals surface area contributed by atoms with Crippen LogP contribution in [0.4, 0.5) is 0 Å². The van der Waals surface area contributed by atoms with E-state index in [0.717, 1.165) is 33.4 Å². The molecule has 0 saturated carbocycles. The first-order valence-electron chi connectivity index (χ1n) is 12.5. The first-order valence-corrected chi connectivity index (χ1v) is 12.5. The lowest BCUT2D eigenvalue weighted by Crippen LogP contribution is -2.35. The lowest BCUT2D eigenvalue weighted by Gasteiger charge is -2.33. The number of nitrogens with zero attached hydrogens (tertiary/aromatic N) is 6. The van der Waals surface area contributed by atoms with E-state index in [-0.39, 0.29) is 17.5 Å². The van der Waals surface area contributed by atoms with E-state index in [1.165, 1.54) is 0 Å². The Bertz CT molecular complexity index is 1530. The number of H-pyrrole nitrogens is 1. The van der Waals surface area contributed by atoms with Crippen molar-refractivity contribution < 1.29 is 0 Å². The molecule has 0 fully saturated rings. The molecule has 188 valence electrons. The standard InChI is InChI=1S/C29H31N7O/c1-20(2)27(28-32-33-34-36(28)18-22-8-5-4-6-9-22)35(17-23-10-7-13-30-16-23)19-25-15-24-14-21(3)11-12-26(24)31-29(25)37/h4-16,20,27H,17-19H2,1-3H3,(H,31,37)/t27-/m1/s1. The first-order chi connectivity index (χ1) is 18.0. The van der Waals surface area contributed by atoms with E-state index in [1.807, 2.05) is 53.3 Å². The van der Waals surface area contributed by atoms with Gasteiger partial charge in [0.05, 0.1) is 12.6 Å². The van der Waals surface area contributed by atoms with Crippen molar-refractivity contribution in [2.75, 3.05) is 0 Å². The van der Waals surface area contributed by atoms with Gasteiger partial charge in [0.2, 0.25) is 0 Å². The fourth-order valence-corrected chi connectivity index (χ4v) is 4.86. The Morgan fingerprint density at radius 1 is 0.973 bits per heavy atom. The van der Waals surface area contributed by atoms with Crippen molar-refractivity contribution in [3.63, 3.8) is 0 Å². The summed E-state index contributed by atoms with van der Waals surface area (Å²) in [6, 6.07) is 22.1. The highest BCUT2D eigenvalue weighted by Gasteiger charge is 2.30. The molecular weight excluding hydrogens is 462 g/mol. The van der Waals surface area contributed by atoms with Gasteiger partial charge in [-0.05, 0) is 64.0 Å². The van der Waals surface area contributed by atoms with Crippen LogP contribution in [0.3, 0.4) is 0 Å². The number of aromatic nitrogens is 6. The van der Waals surface area contributed by atoms with Crippen LogP contribution in [0.1, 0.15) is 48.0 Å². The van der Waals surface area contributed by atoms with Gasteiger partial charge in [-0.3, -0.25) is 14.7 Å². The Balaban J connectivity index is 1.55. The summed E-state index contributed by atoms with van der Waals surface area (Å²) in [5.41, 5.74) is 4.79. The van der Waals surface area contributed by atoms with Crippen LogP contribution in [0, 0.1) is 12.8 Å². The Labute approximate surface area is 216 Å². The largest absolute Gasteiger partial charge is 0.322 e. The predicted octanol–water partition coefficient (Wildman–Crippen LogP) is 4.67. The van der Waals surface area contributed by atoms with Crippen LogP contribution >= 0.6 is 0 Å². The molecule has 0 aliphatic heterocycles. The average Bonchev–Trinajstić information content (AvgIpc) is 3.33. The van der Waals surface area contributed by atoms with Crippen molar-refractivity contribution in [1.29, 1.82) is 0 Å². The molecule has 8 heteroatoms. The van der Waals surface area contributed by atoms with Crippen LogP contribution in [0.25, 0.3) is 10.9 Å². The highest BCUT2D eigenvalue weighted by atomic mass is 16.1. The molecule has 0 spiro atoms. The summed E-state index contributed by atoms with van der Waals surface area (Å²) in [4.78, 5) is 22.8. The van der Waals surface area contributed by atoms with Crippen molar-refractivity contribution >= 4 is 10.9 Å². The quantitative estimate of drug-likeness (QED) is 0.321. The molecule has 0 unspecified atom stereocenters. The van der Waals surface area contributed by atoms with Gasteiger partial charge < -0.3 is 4.98 Å². The van der Waals surface area contributed by atoms with E-state index in [0.29, 0.717) is 25.2 Å². The highest BCUT2D eigenvalue weighted by Crippen LogP contribution is 2.30. The predicted molar refractivity (Wildman–Crippen MR) is 144 cm³/mol. The minimum Gasteiger partial charge on any atom is -0.322 e. The molecule has 37 heavy (non-hydrogen) atoms. The van der Waals surface area contributed by atoms with Crippen molar-refractivity contribution in [2.24, 2.45) is 5.92 Å². The molecule has 1 atom stereocenters. The summed E-state index contributed by atoms with van der Waals surface area (Å²) in [6.45, 7) is 7.99. The number of nitrogens with one attached hydrogen (secondary N) is 1. The molecule has 0 aliphatic rings. The number of aromatic amines is 1. The molecule has 0 saturated heterocycles. The Morgan fingerprint density at radius 2 is 1.78 bits per heavy atom. The molecule has 3 heterocycles. The molecular formula is C29H31N7O. The zero-order chi connectivity index (χ0) is 25.8. The molecule has 0 bridgehead atoms. The Kier molecular flexibility index (Phi) is 7.18. The summed E-state index contributed by atoms with van der Waals surface area (Å²) in [5, 5.41) is 13.9. The van der Waals surface area contributed by atoms with Gasteiger partial charge in [-0.1, -0.05) is 61.9 Å². The number of hydrogen-bond donors (Lipinski definition) is 1. The summed E-state index contributed by atoms with van der Waals surface area (Å²) in [5.74, 6) is 0.954. The zero-order valence-electron chi connectivity index (χ0n) is 21.4. The maximum absolute atomic E-state index is 13.2. The molecule has 0 amide bonds. The van der Waals surface area contributed by atoms with Crippen LogP contribution < -0.4 is 5.56 Å². The lowest BCUT2D eigenvalue weighted by molar-refractivity contribution is 0.126. The molecule has 1 N–H and O–H groups in total. The third-order valence-electron chi connectivity index (χ3n) is 6.58. The Hall–Kier alpha value is -4.17. The Morgan fingerprint density at radius 3 is 2.54 bits per heavy atom. The van der Waals surface area contributed by atoms with Gasteiger partial charge >= 0.3 is 0 Å². The molecule has 5 aromatic rings. The maximum atomic E-state index is 13.2. The van der Waals surface area contributed by atoms with E-state index in [4.69, 9.17) is 0 Å². The summed E-state index contributed by atoms with van der Waals surface area (Å²) >= 11 is 0. The van der Waals surface area contributed by atoms with E-state index < -0.39 is 0 Å². The fourth-order valence-electron chi connectivity index (χ4n) is 4.86. The van der Waals surface area contributed by atoms with Crippen LogP contribution in [-0.4, -0.2) is 35.1 Å².